The highest BCUT2D eigenvalue weighted by Crippen LogP contribution is 2.31. The Labute approximate surface area is 225 Å². The highest BCUT2D eigenvalue weighted by Gasteiger charge is 2.33. The van der Waals surface area contributed by atoms with Crippen molar-refractivity contribution in [2.75, 3.05) is 6.61 Å². The lowest BCUT2D eigenvalue weighted by Crippen LogP contribution is -2.39. The van der Waals surface area contributed by atoms with E-state index in [1.807, 2.05) is 6.92 Å². The van der Waals surface area contributed by atoms with Gasteiger partial charge in [0.1, 0.15) is 17.3 Å². The minimum atomic E-state index is -1.04. The van der Waals surface area contributed by atoms with Crippen LogP contribution in [0, 0.1) is 12.7 Å². The Morgan fingerprint density at radius 3 is 2.59 bits per heavy atom. The third-order valence-corrected chi connectivity index (χ3v) is 7.34. The number of carboxylic acids is 1. The van der Waals surface area contributed by atoms with Crippen molar-refractivity contribution < 1.29 is 28.2 Å². The van der Waals surface area contributed by atoms with E-state index in [4.69, 9.17) is 9.15 Å². The molecule has 0 radical (unpaired) electrons. The predicted octanol–water partition coefficient (Wildman–Crippen LogP) is 4.20. The number of halogens is 1. The van der Waals surface area contributed by atoms with Gasteiger partial charge in [-0.3, -0.25) is 9.36 Å². The lowest BCUT2D eigenvalue weighted by molar-refractivity contribution is -0.139. The van der Waals surface area contributed by atoms with Crippen LogP contribution in [0.4, 0.5) is 4.39 Å². The second kappa shape index (κ2) is 10.3. The number of fused-ring (bicyclic) bond motifs is 1. The van der Waals surface area contributed by atoms with Crippen LogP contribution in [0.15, 0.2) is 80.1 Å². The van der Waals surface area contributed by atoms with Gasteiger partial charge >= 0.3 is 11.9 Å². The van der Waals surface area contributed by atoms with Crippen molar-refractivity contribution in [1.29, 1.82) is 0 Å². The number of aromatic carboxylic acids is 1. The van der Waals surface area contributed by atoms with Gasteiger partial charge in [-0.05, 0) is 68.3 Å². The van der Waals surface area contributed by atoms with Crippen LogP contribution in [0.2, 0.25) is 0 Å². The minimum Gasteiger partial charge on any atom is -0.478 e. The molecule has 5 rings (SSSR count). The summed E-state index contributed by atoms with van der Waals surface area (Å²) in [6.07, 6.45) is 1.58. The first kappa shape index (κ1) is 26.1. The molecule has 4 aromatic rings. The summed E-state index contributed by atoms with van der Waals surface area (Å²) in [4.78, 5) is 42.9. The molecule has 0 unspecified atom stereocenters. The maximum Gasteiger partial charge on any atom is 0.338 e. The van der Waals surface area contributed by atoms with Crippen molar-refractivity contribution >= 4 is 29.4 Å². The van der Waals surface area contributed by atoms with Gasteiger partial charge in [0, 0.05) is 11.6 Å². The molecule has 1 N–H and O–H groups in total. The molecular weight excluding hydrogens is 523 g/mol. The molecule has 1 aliphatic heterocycles. The highest BCUT2D eigenvalue weighted by atomic mass is 32.1. The number of hydrogen-bond donors (Lipinski definition) is 1. The Morgan fingerprint density at radius 1 is 1.15 bits per heavy atom. The lowest BCUT2D eigenvalue weighted by Gasteiger charge is -2.24. The molecule has 0 aliphatic carbocycles. The molecule has 2 aromatic heterocycles. The Balaban J connectivity index is 1.62. The molecule has 39 heavy (non-hydrogen) atoms. The summed E-state index contributed by atoms with van der Waals surface area (Å²) in [5.74, 6) is -1.24. The lowest BCUT2D eigenvalue weighted by atomic mass is 9.96. The van der Waals surface area contributed by atoms with E-state index in [-0.39, 0.29) is 17.7 Å². The molecule has 8 nitrogen and oxygen atoms in total. The van der Waals surface area contributed by atoms with Gasteiger partial charge in [0.05, 0.1) is 34.0 Å². The first-order valence-corrected chi connectivity index (χ1v) is 12.9. The number of benzene rings is 2. The van der Waals surface area contributed by atoms with Crippen molar-refractivity contribution in [3.63, 3.8) is 0 Å². The molecular formula is C29H23FN2O6S. The molecule has 0 saturated carbocycles. The van der Waals surface area contributed by atoms with Gasteiger partial charge in [-0.1, -0.05) is 29.5 Å². The summed E-state index contributed by atoms with van der Waals surface area (Å²) in [6.45, 7) is 5.35. The predicted molar refractivity (Wildman–Crippen MR) is 143 cm³/mol. The molecule has 0 fully saturated rings. The quantitative estimate of drug-likeness (QED) is 0.363. The molecule has 0 amide bonds. The fraction of sp³-hybridized carbons (Fsp3) is 0.172. The number of aromatic nitrogens is 1. The third-order valence-electron chi connectivity index (χ3n) is 6.35. The van der Waals surface area contributed by atoms with Gasteiger partial charge in [-0.15, -0.1) is 0 Å². The van der Waals surface area contributed by atoms with E-state index in [1.54, 1.807) is 38.1 Å². The molecule has 0 bridgehead atoms. The average Bonchev–Trinajstić information content (AvgIpc) is 3.48. The number of hydrogen-bond acceptors (Lipinski definition) is 7. The Kier molecular flexibility index (Phi) is 6.88. The van der Waals surface area contributed by atoms with Gasteiger partial charge in [0.15, 0.2) is 4.80 Å². The van der Waals surface area contributed by atoms with Crippen LogP contribution in [-0.2, 0) is 9.53 Å². The van der Waals surface area contributed by atoms with Gasteiger partial charge in [0.2, 0.25) is 0 Å². The summed E-state index contributed by atoms with van der Waals surface area (Å²) in [7, 11) is 0. The van der Waals surface area contributed by atoms with Gasteiger partial charge in [0.25, 0.3) is 5.56 Å². The standard InChI is InChI=1S/C29H23FN2O6S/c1-4-37-28(36)24-16(3)31-29-32(25(24)17-7-9-19(30)10-8-17)26(33)23(39-29)14-20-11-12-22(38-20)21-13-18(27(34)35)6-5-15(21)2/h5-14,25H,4H2,1-3H3,(H,34,35)/b23-14-/t25-/m0/s1. The summed E-state index contributed by atoms with van der Waals surface area (Å²) < 4.78 is 26.7. The smallest absolute Gasteiger partial charge is 0.338 e. The zero-order valence-electron chi connectivity index (χ0n) is 21.2. The first-order chi connectivity index (χ1) is 18.7. The van der Waals surface area contributed by atoms with Crippen LogP contribution in [0.1, 0.15) is 47.1 Å². The largest absolute Gasteiger partial charge is 0.478 e. The number of nitrogens with zero attached hydrogens (tertiary/aromatic N) is 2. The van der Waals surface area contributed by atoms with Crippen LogP contribution in [0.5, 0.6) is 0 Å². The van der Waals surface area contributed by atoms with E-state index in [0.29, 0.717) is 37.7 Å². The van der Waals surface area contributed by atoms with E-state index in [0.717, 1.165) is 16.9 Å². The van der Waals surface area contributed by atoms with E-state index < -0.39 is 29.4 Å². The fourth-order valence-corrected chi connectivity index (χ4v) is 5.50. The van der Waals surface area contributed by atoms with Crippen LogP contribution < -0.4 is 14.9 Å². The van der Waals surface area contributed by atoms with Crippen molar-refractivity contribution in [2.45, 2.75) is 26.8 Å². The van der Waals surface area contributed by atoms with Crippen molar-refractivity contribution in [3.8, 4) is 11.3 Å². The number of carbonyl (C=O) groups excluding carboxylic acids is 1. The summed E-state index contributed by atoms with van der Waals surface area (Å²) in [6, 6.07) is 12.9. The van der Waals surface area contributed by atoms with Gasteiger partial charge in [-0.2, -0.15) is 0 Å². The van der Waals surface area contributed by atoms with Crippen molar-refractivity contribution in [1.82, 2.24) is 4.57 Å². The maximum absolute atomic E-state index is 13.7. The summed E-state index contributed by atoms with van der Waals surface area (Å²) in [5, 5.41) is 9.34. The van der Waals surface area contributed by atoms with E-state index in [9.17, 15) is 23.9 Å². The minimum absolute atomic E-state index is 0.135. The second-order valence-electron chi connectivity index (χ2n) is 8.89. The number of esters is 1. The van der Waals surface area contributed by atoms with E-state index in [2.05, 4.69) is 4.99 Å². The maximum atomic E-state index is 13.7. The number of thiazole rings is 1. The van der Waals surface area contributed by atoms with Crippen molar-refractivity contribution in [2.24, 2.45) is 4.99 Å². The number of rotatable bonds is 6. The SMILES string of the molecule is CCOC(=O)C1=C(C)N=c2s/c(=C\c3ccc(-c4cc(C(=O)O)ccc4C)o3)c(=O)n2[C@H]1c1ccc(F)cc1. The summed E-state index contributed by atoms with van der Waals surface area (Å²) in [5.41, 5.74) is 2.35. The molecule has 2 aromatic carbocycles. The van der Waals surface area contributed by atoms with Crippen LogP contribution in [0.3, 0.4) is 0 Å². The first-order valence-electron chi connectivity index (χ1n) is 12.1. The number of furan rings is 1. The molecule has 0 saturated heterocycles. The number of carboxylic acid groups (broad SMARTS) is 1. The van der Waals surface area contributed by atoms with Crippen molar-refractivity contribution in [3.05, 3.63) is 114 Å². The zero-order valence-corrected chi connectivity index (χ0v) is 22.0. The van der Waals surface area contributed by atoms with E-state index >= 15 is 0 Å². The highest BCUT2D eigenvalue weighted by molar-refractivity contribution is 7.07. The third kappa shape index (κ3) is 4.86. The Hall–Kier alpha value is -4.57. The topological polar surface area (TPSA) is 111 Å². The average molecular weight is 547 g/mol. The molecule has 0 spiro atoms. The fourth-order valence-electron chi connectivity index (χ4n) is 4.48. The number of ether oxygens (including phenoxy) is 1. The molecule has 3 heterocycles. The normalized spacial score (nSPS) is 15.2. The summed E-state index contributed by atoms with van der Waals surface area (Å²) >= 11 is 1.13. The molecule has 10 heteroatoms. The van der Waals surface area contributed by atoms with Crippen LogP contribution in [0.25, 0.3) is 17.4 Å². The van der Waals surface area contributed by atoms with Gasteiger partial charge in [-0.25, -0.2) is 19.0 Å². The zero-order chi connectivity index (χ0) is 27.8. The molecule has 198 valence electrons. The molecule has 1 aliphatic rings. The van der Waals surface area contributed by atoms with E-state index in [1.165, 1.54) is 41.0 Å². The Morgan fingerprint density at radius 2 is 1.90 bits per heavy atom. The molecule has 1 atom stereocenters. The van der Waals surface area contributed by atoms with Gasteiger partial charge < -0.3 is 14.3 Å². The monoisotopic (exact) mass is 546 g/mol. The van der Waals surface area contributed by atoms with Crippen LogP contribution in [-0.4, -0.2) is 28.2 Å². The second-order valence-corrected chi connectivity index (χ2v) is 9.90. The van der Waals surface area contributed by atoms with Crippen LogP contribution >= 0.6 is 11.3 Å². The number of allylic oxidation sites excluding steroid dienone is 1. The Bertz CT molecular complexity index is 1830. The number of aryl methyl sites for hydroxylation is 1. The number of carbonyl (C=O) groups is 2.